The Morgan fingerprint density at radius 1 is 1.64 bits per heavy atom. The number of methoxy groups -OCH3 is 1. The summed E-state index contributed by atoms with van der Waals surface area (Å²) >= 11 is 0. The third-order valence-electron chi connectivity index (χ3n) is 1.65. The number of rotatable bonds is 4. The Labute approximate surface area is 66.5 Å². The van der Waals surface area contributed by atoms with Crippen molar-refractivity contribution in [3.63, 3.8) is 0 Å². The van der Waals surface area contributed by atoms with Gasteiger partial charge in [0.1, 0.15) is 0 Å². The van der Waals surface area contributed by atoms with Gasteiger partial charge in [-0.3, -0.25) is 10.0 Å². The standard InChI is InChI=1S/C7H15NO3/c1-7(2,4-5-11-3)6(9)8-10/h10H,4-5H2,1-3H3,(H,8,9). The summed E-state index contributed by atoms with van der Waals surface area (Å²) in [5.41, 5.74) is 1.05. The van der Waals surface area contributed by atoms with E-state index in [0.29, 0.717) is 13.0 Å². The van der Waals surface area contributed by atoms with Gasteiger partial charge in [0.05, 0.1) is 0 Å². The maximum absolute atomic E-state index is 10.9. The van der Waals surface area contributed by atoms with E-state index >= 15 is 0 Å². The monoisotopic (exact) mass is 161 g/mol. The summed E-state index contributed by atoms with van der Waals surface area (Å²) in [6.45, 7) is 4.01. The number of hydrogen-bond acceptors (Lipinski definition) is 3. The van der Waals surface area contributed by atoms with Crippen molar-refractivity contribution in [3.8, 4) is 0 Å². The largest absolute Gasteiger partial charge is 0.385 e. The van der Waals surface area contributed by atoms with Crippen LogP contribution in [0.4, 0.5) is 0 Å². The molecule has 0 atom stereocenters. The number of hydrogen-bond donors (Lipinski definition) is 2. The van der Waals surface area contributed by atoms with Crippen LogP contribution in [-0.2, 0) is 9.53 Å². The van der Waals surface area contributed by atoms with E-state index in [-0.39, 0.29) is 5.91 Å². The van der Waals surface area contributed by atoms with Gasteiger partial charge in [0.2, 0.25) is 5.91 Å². The highest BCUT2D eigenvalue weighted by molar-refractivity contribution is 5.80. The van der Waals surface area contributed by atoms with Crippen LogP contribution in [0.3, 0.4) is 0 Å². The van der Waals surface area contributed by atoms with Gasteiger partial charge in [-0.15, -0.1) is 0 Å². The smallest absolute Gasteiger partial charge is 0.249 e. The Morgan fingerprint density at radius 2 is 2.18 bits per heavy atom. The van der Waals surface area contributed by atoms with Crippen molar-refractivity contribution in [1.82, 2.24) is 5.48 Å². The zero-order valence-corrected chi connectivity index (χ0v) is 7.18. The van der Waals surface area contributed by atoms with Gasteiger partial charge in [-0.2, -0.15) is 0 Å². The first-order valence-electron chi connectivity index (χ1n) is 3.48. The van der Waals surface area contributed by atoms with Crippen LogP contribution in [0.25, 0.3) is 0 Å². The minimum Gasteiger partial charge on any atom is -0.385 e. The normalized spacial score (nSPS) is 11.3. The molecule has 66 valence electrons. The fourth-order valence-corrected chi connectivity index (χ4v) is 0.622. The fourth-order valence-electron chi connectivity index (χ4n) is 0.622. The molecule has 0 aromatic heterocycles. The first-order chi connectivity index (χ1) is 5.04. The molecule has 0 fully saturated rings. The molecule has 0 aliphatic heterocycles. The average Bonchev–Trinajstić information content (AvgIpc) is 1.99. The lowest BCUT2D eigenvalue weighted by Crippen LogP contribution is -2.35. The van der Waals surface area contributed by atoms with E-state index in [1.54, 1.807) is 26.4 Å². The topological polar surface area (TPSA) is 58.6 Å². The Balaban J connectivity index is 3.88. The van der Waals surface area contributed by atoms with Crippen molar-refractivity contribution in [1.29, 1.82) is 0 Å². The summed E-state index contributed by atoms with van der Waals surface area (Å²) in [4.78, 5) is 10.9. The highest BCUT2D eigenvalue weighted by Gasteiger charge is 2.26. The van der Waals surface area contributed by atoms with Gasteiger partial charge in [-0.25, -0.2) is 5.48 Å². The maximum atomic E-state index is 10.9. The second kappa shape index (κ2) is 4.31. The molecule has 0 radical (unpaired) electrons. The van der Waals surface area contributed by atoms with E-state index in [4.69, 9.17) is 9.94 Å². The lowest BCUT2D eigenvalue weighted by molar-refractivity contribution is -0.138. The van der Waals surface area contributed by atoms with E-state index in [0.717, 1.165) is 0 Å². The highest BCUT2D eigenvalue weighted by Crippen LogP contribution is 2.19. The van der Waals surface area contributed by atoms with E-state index in [1.165, 1.54) is 0 Å². The lowest BCUT2D eigenvalue weighted by Gasteiger charge is -2.20. The zero-order chi connectivity index (χ0) is 8.91. The summed E-state index contributed by atoms with van der Waals surface area (Å²) in [7, 11) is 1.58. The second-order valence-electron chi connectivity index (χ2n) is 3.07. The molecular formula is C7H15NO3. The van der Waals surface area contributed by atoms with Crippen LogP contribution in [0.2, 0.25) is 0 Å². The van der Waals surface area contributed by atoms with Crippen LogP contribution in [0, 0.1) is 5.41 Å². The predicted molar refractivity (Wildman–Crippen MR) is 40.2 cm³/mol. The number of ether oxygens (including phenoxy) is 1. The molecule has 0 rings (SSSR count). The Bertz CT molecular complexity index is 134. The van der Waals surface area contributed by atoms with Crippen LogP contribution in [0.15, 0.2) is 0 Å². The predicted octanol–water partition coefficient (Wildman–Crippen LogP) is 0.554. The molecule has 4 nitrogen and oxygen atoms in total. The summed E-state index contributed by atoms with van der Waals surface area (Å²) in [5.74, 6) is -0.380. The fraction of sp³-hybridized carbons (Fsp3) is 0.857. The molecule has 0 aliphatic rings. The summed E-state index contributed by atoms with van der Waals surface area (Å²) < 4.78 is 4.81. The SMILES string of the molecule is COCCC(C)(C)C(=O)NO. The first-order valence-corrected chi connectivity index (χ1v) is 3.48. The van der Waals surface area contributed by atoms with E-state index in [9.17, 15) is 4.79 Å². The molecular weight excluding hydrogens is 146 g/mol. The van der Waals surface area contributed by atoms with Crippen molar-refractivity contribution in [2.45, 2.75) is 20.3 Å². The van der Waals surface area contributed by atoms with Crippen LogP contribution in [0.5, 0.6) is 0 Å². The molecule has 0 saturated heterocycles. The molecule has 0 unspecified atom stereocenters. The molecule has 0 heterocycles. The lowest BCUT2D eigenvalue weighted by atomic mass is 9.89. The molecule has 4 heteroatoms. The van der Waals surface area contributed by atoms with Crippen LogP contribution in [0.1, 0.15) is 20.3 Å². The molecule has 11 heavy (non-hydrogen) atoms. The molecule has 0 aromatic carbocycles. The van der Waals surface area contributed by atoms with Gasteiger partial charge < -0.3 is 4.74 Å². The van der Waals surface area contributed by atoms with Gasteiger partial charge in [0.15, 0.2) is 0 Å². The van der Waals surface area contributed by atoms with Crippen molar-refractivity contribution in [3.05, 3.63) is 0 Å². The Kier molecular flexibility index (Phi) is 4.07. The van der Waals surface area contributed by atoms with E-state index < -0.39 is 5.41 Å². The third kappa shape index (κ3) is 3.34. The van der Waals surface area contributed by atoms with Gasteiger partial charge in [0, 0.05) is 19.1 Å². The zero-order valence-electron chi connectivity index (χ0n) is 7.18. The number of carbonyl (C=O) groups excluding carboxylic acids is 1. The maximum Gasteiger partial charge on any atom is 0.249 e. The highest BCUT2D eigenvalue weighted by atomic mass is 16.5. The summed E-state index contributed by atoms with van der Waals surface area (Å²) in [6, 6.07) is 0. The number of amides is 1. The number of carbonyl (C=O) groups is 1. The average molecular weight is 161 g/mol. The molecule has 0 saturated carbocycles. The van der Waals surface area contributed by atoms with E-state index in [1.807, 2.05) is 0 Å². The van der Waals surface area contributed by atoms with Gasteiger partial charge in [0.25, 0.3) is 0 Å². The molecule has 0 aliphatic carbocycles. The number of hydroxylamine groups is 1. The Morgan fingerprint density at radius 3 is 2.55 bits per heavy atom. The second-order valence-corrected chi connectivity index (χ2v) is 3.07. The van der Waals surface area contributed by atoms with Crippen LogP contribution < -0.4 is 5.48 Å². The molecule has 1 amide bonds. The summed E-state index contributed by atoms with van der Waals surface area (Å²) in [6.07, 6.45) is 0.593. The van der Waals surface area contributed by atoms with Crippen molar-refractivity contribution >= 4 is 5.91 Å². The quantitative estimate of drug-likeness (QED) is 0.467. The number of nitrogens with one attached hydrogen (secondary N) is 1. The first kappa shape index (κ1) is 10.4. The van der Waals surface area contributed by atoms with Crippen LogP contribution in [-0.4, -0.2) is 24.8 Å². The molecule has 0 spiro atoms. The minimum absolute atomic E-state index is 0.380. The van der Waals surface area contributed by atoms with Crippen LogP contribution >= 0.6 is 0 Å². The van der Waals surface area contributed by atoms with Gasteiger partial charge >= 0.3 is 0 Å². The van der Waals surface area contributed by atoms with Crippen molar-refractivity contribution in [2.24, 2.45) is 5.41 Å². The van der Waals surface area contributed by atoms with Crippen molar-refractivity contribution < 1.29 is 14.7 Å². The van der Waals surface area contributed by atoms with Crippen molar-refractivity contribution in [2.75, 3.05) is 13.7 Å². The molecule has 2 N–H and O–H groups in total. The van der Waals surface area contributed by atoms with Gasteiger partial charge in [-0.05, 0) is 6.42 Å². The van der Waals surface area contributed by atoms with Gasteiger partial charge in [-0.1, -0.05) is 13.8 Å². The third-order valence-corrected chi connectivity index (χ3v) is 1.65. The Hall–Kier alpha value is -0.610. The summed E-state index contributed by atoms with van der Waals surface area (Å²) in [5, 5.41) is 8.33. The molecule has 0 bridgehead atoms. The minimum atomic E-state index is -0.565. The van der Waals surface area contributed by atoms with E-state index in [2.05, 4.69) is 0 Å². The molecule has 0 aromatic rings.